The molecule has 0 spiro atoms. The monoisotopic (exact) mass is 363 g/mol. The molecule has 3 N–H and O–H groups in total. The van der Waals surface area contributed by atoms with Crippen LogP contribution in [0.1, 0.15) is 61.8 Å². The summed E-state index contributed by atoms with van der Waals surface area (Å²) < 4.78 is 0. The van der Waals surface area contributed by atoms with Gasteiger partial charge in [-0.1, -0.05) is 18.2 Å². The van der Waals surface area contributed by atoms with E-state index in [1.54, 1.807) is 0 Å². The molecule has 2 unspecified atom stereocenters. The van der Waals surface area contributed by atoms with Crippen LogP contribution < -0.4 is 5.73 Å². The Bertz CT molecular complexity index is 854. The number of pyridine rings is 1. The minimum atomic E-state index is 0.202. The standard InChI is InChI=1S/C22H29N5/c1-16(22-25-18-10-2-3-11-19(18)26-22)27(15-5-4-13-23)20-12-6-8-17-9-7-14-24-21(17)20/h2-3,7,9-11,14,16,20H,4-6,8,12-13,15,23H2,1H3,(H,25,26). The normalized spacial score (nSPS) is 18.0. The molecule has 0 radical (unpaired) electrons. The van der Waals surface area contributed by atoms with Crippen LogP contribution in [0.5, 0.6) is 0 Å². The zero-order chi connectivity index (χ0) is 18.6. The summed E-state index contributed by atoms with van der Waals surface area (Å²) in [6, 6.07) is 13.1. The van der Waals surface area contributed by atoms with Crippen LogP contribution in [0.3, 0.4) is 0 Å². The van der Waals surface area contributed by atoms with Gasteiger partial charge in [-0.2, -0.15) is 0 Å². The lowest BCUT2D eigenvalue weighted by atomic mass is 9.90. The number of H-pyrrole nitrogens is 1. The molecular formula is C22H29N5. The summed E-state index contributed by atoms with van der Waals surface area (Å²) in [5, 5.41) is 0. The number of nitrogens with one attached hydrogen (secondary N) is 1. The number of unbranched alkanes of at least 4 members (excludes halogenated alkanes) is 1. The van der Waals surface area contributed by atoms with E-state index in [1.807, 2.05) is 12.3 Å². The summed E-state index contributed by atoms with van der Waals surface area (Å²) in [7, 11) is 0. The SMILES string of the molecule is CC(c1nc2ccccc2[nH]1)N(CCCCN)C1CCCc2cccnc21. The number of aryl methyl sites for hydroxylation is 1. The van der Waals surface area contributed by atoms with Gasteiger partial charge in [0.05, 0.1) is 28.8 Å². The highest BCUT2D eigenvalue weighted by Crippen LogP contribution is 2.37. The van der Waals surface area contributed by atoms with Crippen molar-refractivity contribution in [1.29, 1.82) is 0 Å². The van der Waals surface area contributed by atoms with Crippen LogP contribution in [-0.2, 0) is 6.42 Å². The van der Waals surface area contributed by atoms with E-state index in [0.29, 0.717) is 6.04 Å². The van der Waals surface area contributed by atoms with Crippen LogP contribution in [0.15, 0.2) is 42.6 Å². The molecule has 0 saturated heterocycles. The molecule has 1 aromatic carbocycles. The maximum Gasteiger partial charge on any atom is 0.124 e. The number of nitrogens with two attached hydrogens (primary N) is 1. The van der Waals surface area contributed by atoms with E-state index in [9.17, 15) is 0 Å². The number of para-hydroxylation sites is 2. The van der Waals surface area contributed by atoms with E-state index in [0.717, 1.165) is 55.6 Å². The van der Waals surface area contributed by atoms with Crippen LogP contribution in [0.25, 0.3) is 11.0 Å². The molecule has 0 aliphatic heterocycles. The second kappa shape index (κ2) is 8.19. The first kappa shape index (κ1) is 18.1. The molecule has 0 amide bonds. The number of hydrogen-bond donors (Lipinski definition) is 2. The van der Waals surface area contributed by atoms with Crippen molar-refractivity contribution in [3.63, 3.8) is 0 Å². The highest BCUT2D eigenvalue weighted by atomic mass is 15.2. The summed E-state index contributed by atoms with van der Waals surface area (Å²) in [6.45, 7) is 4.01. The molecule has 2 aromatic heterocycles. The average molecular weight is 364 g/mol. The Kier molecular flexibility index (Phi) is 5.50. The number of nitrogens with zero attached hydrogens (tertiary/aromatic N) is 3. The smallest absolute Gasteiger partial charge is 0.124 e. The number of benzene rings is 1. The number of fused-ring (bicyclic) bond motifs is 2. The van der Waals surface area contributed by atoms with E-state index >= 15 is 0 Å². The molecule has 3 aromatic rings. The molecule has 1 aliphatic carbocycles. The Morgan fingerprint density at radius 3 is 2.96 bits per heavy atom. The third-order valence-electron chi connectivity index (χ3n) is 5.74. The zero-order valence-corrected chi connectivity index (χ0v) is 16.1. The minimum absolute atomic E-state index is 0.202. The van der Waals surface area contributed by atoms with Gasteiger partial charge >= 0.3 is 0 Å². The summed E-state index contributed by atoms with van der Waals surface area (Å²) in [4.78, 5) is 15.8. The van der Waals surface area contributed by atoms with E-state index < -0.39 is 0 Å². The largest absolute Gasteiger partial charge is 0.341 e. The Balaban J connectivity index is 1.66. The van der Waals surface area contributed by atoms with Crippen molar-refractivity contribution in [1.82, 2.24) is 19.9 Å². The molecule has 5 heteroatoms. The topological polar surface area (TPSA) is 70.8 Å². The van der Waals surface area contributed by atoms with Crippen LogP contribution >= 0.6 is 0 Å². The number of rotatable bonds is 7. The second-order valence-electron chi connectivity index (χ2n) is 7.50. The van der Waals surface area contributed by atoms with Crippen molar-refractivity contribution in [3.05, 3.63) is 59.7 Å². The van der Waals surface area contributed by atoms with Gasteiger partial charge in [0.2, 0.25) is 0 Å². The van der Waals surface area contributed by atoms with Gasteiger partial charge in [-0.25, -0.2) is 4.98 Å². The Hall–Kier alpha value is -2.24. The highest BCUT2D eigenvalue weighted by molar-refractivity contribution is 5.74. The maximum atomic E-state index is 5.76. The van der Waals surface area contributed by atoms with Crippen molar-refractivity contribution in [2.24, 2.45) is 5.73 Å². The molecule has 0 fully saturated rings. The van der Waals surface area contributed by atoms with Gasteiger partial charge in [-0.15, -0.1) is 0 Å². The first-order valence-electron chi connectivity index (χ1n) is 10.1. The molecule has 5 nitrogen and oxygen atoms in total. The second-order valence-corrected chi connectivity index (χ2v) is 7.50. The van der Waals surface area contributed by atoms with Crippen molar-refractivity contribution < 1.29 is 0 Å². The van der Waals surface area contributed by atoms with Gasteiger partial charge in [0.1, 0.15) is 5.82 Å². The molecule has 0 bridgehead atoms. The van der Waals surface area contributed by atoms with Crippen molar-refractivity contribution >= 4 is 11.0 Å². The molecular weight excluding hydrogens is 334 g/mol. The van der Waals surface area contributed by atoms with Gasteiger partial charge in [0, 0.05) is 6.20 Å². The highest BCUT2D eigenvalue weighted by Gasteiger charge is 2.31. The van der Waals surface area contributed by atoms with Crippen molar-refractivity contribution in [2.75, 3.05) is 13.1 Å². The number of hydrogen-bond acceptors (Lipinski definition) is 4. The van der Waals surface area contributed by atoms with Gasteiger partial charge in [0.15, 0.2) is 0 Å². The molecule has 2 heterocycles. The molecule has 0 saturated carbocycles. The van der Waals surface area contributed by atoms with Gasteiger partial charge in [-0.05, 0) is 75.9 Å². The van der Waals surface area contributed by atoms with Crippen molar-refractivity contribution in [2.45, 2.75) is 51.1 Å². The predicted octanol–water partition coefficient (Wildman–Crippen LogP) is 4.14. The third-order valence-corrected chi connectivity index (χ3v) is 5.74. The first-order valence-corrected chi connectivity index (χ1v) is 10.1. The van der Waals surface area contributed by atoms with E-state index in [1.165, 1.54) is 17.7 Å². The minimum Gasteiger partial charge on any atom is -0.341 e. The summed E-state index contributed by atoms with van der Waals surface area (Å²) in [5.74, 6) is 1.03. The fraction of sp³-hybridized carbons (Fsp3) is 0.455. The molecule has 27 heavy (non-hydrogen) atoms. The number of imidazole rings is 1. The van der Waals surface area contributed by atoms with Crippen LogP contribution in [-0.4, -0.2) is 32.9 Å². The molecule has 142 valence electrons. The predicted molar refractivity (Wildman–Crippen MR) is 109 cm³/mol. The lowest BCUT2D eigenvalue weighted by Crippen LogP contribution is -2.35. The van der Waals surface area contributed by atoms with E-state index in [2.05, 4.69) is 47.1 Å². The van der Waals surface area contributed by atoms with Crippen LogP contribution in [0, 0.1) is 0 Å². The van der Waals surface area contributed by atoms with Gasteiger partial charge < -0.3 is 10.7 Å². The summed E-state index contributed by atoms with van der Waals surface area (Å²) in [5.41, 5.74) is 10.5. The first-order chi connectivity index (χ1) is 13.3. The zero-order valence-electron chi connectivity index (χ0n) is 16.1. The lowest BCUT2D eigenvalue weighted by Gasteiger charge is -2.38. The lowest BCUT2D eigenvalue weighted by molar-refractivity contribution is 0.118. The number of aromatic amines is 1. The fourth-order valence-corrected chi connectivity index (χ4v) is 4.29. The van der Waals surface area contributed by atoms with Crippen molar-refractivity contribution in [3.8, 4) is 0 Å². The quantitative estimate of drug-likeness (QED) is 0.619. The molecule has 2 atom stereocenters. The molecule has 1 aliphatic rings. The molecule has 4 rings (SSSR count). The van der Waals surface area contributed by atoms with Crippen LogP contribution in [0.2, 0.25) is 0 Å². The van der Waals surface area contributed by atoms with E-state index in [4.69, 9.17) is 15.7 Å². The Morgan fingerprint density at radius 1 is 1.22 bits per heavy atom. The van der Waals surface area contributed by atoms with E-state index in [-0.39, 0.29) is 6.04 Å². The van der Waals surface area contributed by atoms with Crippen LogP contribution in [0.4, 0.5) is 0 Å². The fourth-order valence-electron chi connectivity index (χ4n) is 4.29. The maximum absolute atomic E-state index is 5.76. The number of aromatic nitrogens is 3. The average Bonchev–Trinajstić information content (AvgIpc) is 3.15. The van der Waals surface area contributed by atoms with Gasteiger partial charge in [0.25, 0.3) is 0 Å². The Morgan fingerprint density at radius 2 is 2.11 bits per heavy atom. The summed E-state index contributed by atoms with van der Waals surface area (Å²) >= 11 is 0. The summed E-state index contributed by atoms with van der Waals surface area (Å²) in [6.07, 6.45) is 7.57. The third kappa shape index (κ3) is 3.75. The van der Waals surface area contributed by atoms with Gasteiger partial charge in [-0.3, -0.25) is 9.88 Å². The Labute approximate surface area is 161 Å².